The number of terminal acetylenes is 1. The number of esters is 1. The predicted molar refractivity (Wildman–Crippen MR) is 134 cm³/mol. The van der Waals surface area contributed by atoms with Crippen molar-refractivity contribution in [2.24, 2.45) is 0 Å². The van der Waals surface area contributed by atoms with Gasteiger partial charge in [0.25, 0.3) is 11.4 Å². The van der Waals surface area contributed by atoms with Crippen molar-refractivity contribution in [1.29, 1.82) is 0 Å². The first kappa shape index (κ1) is 29.7. The molecule has 1 fully saturated rings. The summed E-state index contributed by atoms with van der Waals surface area (Å²) in [6, 6.07) is 7.46. The number of nitrogens with one attached hydrogen (secondary N) is 2. The largest absolute Gasteiger partial charge is 0.462 e. The fourth-order valence-corrected chi connectivity index (χ4v) is 5.22. The lowest BCUT2D eigenvalue weighted by Gasteiger charge is -2.28. The average Bonchev–Trinajstić information content (AvgIpc) is 3.05. The van der Waals surface area contributed by atoms with Gasteiger partial charge in [-0.1, -0.05) is 24.1 Å². The highest BCUT2D eigenvalue weighted by molar-refractivity contribution is 7.71. The minimum atomic E-state index is -4.56. The van der Waals surface area contributed by atoms with Crippen molar-refractivity contribution in [3.63, 3.8) is 0 Å². The van der Waals surface area contributed by atoms with E-state index in [0.717, 1.165) is 16.8 Å². The second-order valence-electron chi connectivity index (χ2n) is 8.66. The number of benzene rings is 1. The number of aliphatic hydroxyl groups excluding tert-OH is 1. The zero-order valence-corrected chi connectivity index (χ0v) is 22.3. The molecule has 0 amide bonds. The Labute approximate surface area is 222 Å². The van der Waals surface area contributed by atoms with Gasteiger partial charge in [-0.25, -0.2) is 8.96 Å². The molecule has 1 aromatic carbocycles. The van der Waals surface area contributed by atoms with Crippen LogP contribution in [0.25, 0.3) is 0 Å². The van der Waals surface area contributed by atoms with Crippen LogP contribution in [-0.2, 0) is 23.4 Å². The first-order valence-electron chi connectivity index (χ1n) is 11.3. The SMILES string of the molecule is C#C[C@@]1(O)C(O)[C@@](F)(COP(=O)(N[C@@H](C)C(=O)OC(C)C)Oc2ccccc2)O[C@H]1n1ccc(=O)[nH]c1=S. The Bertz CT molecular complexity index is 1360. The maximum Gasteiger partial charge on any atom is 0.459 e. The number of carbonyl (C=O) groups is 1. The monoisotopic (exact) mass is 571 g/mol. The van der Waals surface area contributed by atoms with Crippen LogP contribution in [0, 0.1) is 17.1 Å². The topological polar surface area (TPSA) is 161 Å². The van der Waals surface area contributed by atoms with E-state index >= 15 is 4.39 Å². The van der Waals surface area contributed by atoms with Crippen LogP contribution in [0.5, 0.6) is 5.75 Å². The number of alkyl halides is 1. The van der Waals surface area contributed by atoms with E-state index in [1.807, 2.05) is 5.92 Å². The lowest BCUT2D eigenvalue weighted by molar-refractivity contribution is -0.203. The van der Waals surface area contributed by atoms with E-state index in [2.05, 4.69) is 10.1 Å². The molecule has 3 rings (SSSR count). The van der Waals surface area contributed by atoms with E-state index in [9.17, 15) is 24.4 Å². The van der Waals surface area contributed by atoms with E-state index in [1.165, 1.54) is 19.1 Å². The third-order valence-corrected chi connectivity index (χ3v) is 7.24. The molecule has 206 valence electrons. The molecule has 4 N–H and O–H groups in total. The molecule has 1 aromatic heterocycles. The number of H-pyrrole nitrogens is 1. The second-order valence-corrected chi connectivity index (χ2v) is 10.7. The Hall–Kier alpha value is -2.89. The highest BCUT2D eigenvalue weighted by Gasteiger charge is 2.65. The summed E-state index contributed by atoms with van der Waals surface area (Å²) in [4.78, 5) is 26.1. The molecule has 2 unspecified atom stereocenters. The summed E-state index contributed by atoms with van der Waals surface area (Å²) < 4.78 is 51.3. The van der Waals surface area contributed by atoms with Crippen LogP contribution in [0.4, 0.5) is 4.39 Å². The second kappa shape index (κ2) is 11.5. The standard InChI is InChI=1S/C23H27FN3O9PS/c1-5-22(31)19(30)23(24,35-20(22)27-12-11-17(28)25-21(27)38)13-33-37(32,36-16-9-7-6-8-10-16)26-15(4)18(29)34-14(2)3/h1,6-12,14-15,19-20,30-31H,13H2,2-4H3,(H,26,32)(H,25,28,38)/t15-,19?,20+,22+,23+,37?/m0/s1. The van der Waals surface area contributed by atoms with Gasteiger partial charge in [0, 0.05) is 12.3 Å². The maximum atomic E-state index is 16.0. The molecule has 15 heteroatoms. The Morgan fingerprint density at radius 3 is 2.61 bits per heavy atom. The summed E-state index contributed by atoms with van der Waals surface area (Å²) in [6.45, 7) is 3.27. The smallest absolute Gasteiger partial charge is 0.459 e. The van der Waals surface area contributed by atoms with Crippen molar-refractivity contribution in [3.05, 3.63) is 57.7 Å². The minimum absolute atomic E-state index is 0.0473. The van der Waals surface area contributed by atoms with Crippen molar-refractivity contribution in [3.8, 4) is 18.1 Å². The molecule has 0 bridgehead atoms. The highest BCUT2D eigenvalue weighted by atomic mass is 32.1. The summed E-state index contributed by atoms with van der Waals surface area (Å²) in [5, 5.41) is 24.0. The number of para-hydroxylation sites is 1. The van der Waals surface area contributed by atoms with E-state index < -0.39 is 61.8 Å². The van der Waals surface area contributed by atoms with Crippen LogP contribution < -0.4 is 15.2 Å². The molecule has 12 nitrogen and oxygen atoms in total. The van der Waals surface area contributed by atoms with Crippen LogP contribution in [0.15, 0.2) is 47.4 Å². The Kier molecular flexibility index (Phi) is 8.95. The number of carbonyl (C=O) groups excluding carboxylic acids is 1. The van der Waals surface area contributed by atoms with Gasteiger partial charge >= 0.3 is 13.7 Å². The van der Waals surface area contributed by atoms with E-state index in [0.29, 0.717) is 0 Å². The number of hydrogen-bond donors (Lipinski definition) is 4. The summed E-state index contributed by atoms with van der Waals surface area (Å²) in [5.41, 5.74) is -3.28. The summed E-state index contributed by atoms with van der Waals surface area (Å²) in [7, 11) is -4.56. The molecule has 0 saturated carbocycles. The number of aromatic nitrogens is 2. The number of halogens is 1. The third kappa shape index (κ3) is 6.39. The molecule has 2 heterocycles. The van der Waals surface area contributed by atoms with Crippen molar-refractivity contribution < 1.29 is 42.5 Å². The van der Waals surface area contributed by atoms with Gasteiger partial charge in [-0.15, -0.1) is 6.42 Å². The number of hydrogen-bond acceptors (Lipinski definition) is 10. The van der Waals surface area contributed by atoms with E-state index in [1.54, 1.807) is 32.0 Å². The minimum Gasteiger partial charge on any atom is -0.462 e. The quantitative estimate of drug-likeness (QED) is 0.143. The number of aliphatic hydroxyl groups is 2. The number of nitrogens with zero attached hydrogens (tertiary/aromatic N) is 1. The Morgan fingerprint density at radius 1 is 1.37 bits per heavy atom. The molecule has 0 spiro atoms. The van der Waals surface area contributed by atoms with Crippen molar-refractivity contribution in [2.75, 3.05) is 6.61 Å². The van der Waals surface area contributed by atoms with E-state index in [-0.39, 0.29) is 10.5 Å². The van der Waals surface area contributed by atoms with Crippen LogP contribution >= 0.6 is 20.0 Å². The summed E-state index contributed by atoms with van der Waals surface area (Å²) in [5.74, 6) is -2.11. The number of rotatable bonds is 10. The van der Waals surface area contributed by atoms with Crippen molar-refractivity contribution in [2.45, 2.75) is 56.7 Å². The zero-order chi connectivity index (χ0) is 28.3. The molecule has 2 aromatic rings. The lowest BCUT2D eigenvalue weighted by atomic mass is 9.94. The van der Waals surface area contributed by atoms with Gasteiger partial charge in [-0.2, -0.15) is 5.09 Å². The van der Waals surface area contributed by atoms with Crippen LogP contribution in [0.1, 0.15) is 27.0 Å². The Balaban J connectivity index is 1.90. The Morgan fingerprint density at radius 2 is 2.03 bits per heavy atom. The highest BCUT2D eigenvalue weighted by Crippen LogP contribution is 2.50. The fraction of sp³-hybridized carbons (Fsp3) is 0.435. The van der Waals surface area contributed by atoms with Gasteiger partial charge in [-0.3, -0.25) is 23.7 Å². The molecule has 38 heavy (non-hydrogen) atoms. The van der Waals surface area contributed by atoms with Crippen LogP contribution in [-0.4, -0.2) is 62.0 Å². The first-order chi connectivity index (χ1) is 17.7. The molecule has 1 aliphatic rings. The summed E-state index contributed by atoms with van der Waals surface area (Å²) in [6.07, 6.45) is 1.75. The van der Waals surface area contributed by atoms with Gasteiger partial charge in [-0.05, 0) is 45.1 Å². The average molecular weight is 572 g/mol. The maximum absolute atomic E-state index is 16.0. The third-order valence-electron chi connectivity index (χ3n) is 5.30. The van der Waals surface area contributed by atoms with Crippen LogP contribution in [0.3, 0.4) is 0 Å². The van der Waals surface area contributed by atoms with Gasteiger partial charge in [0.1, 0.15) is 18.4 Å². The molecule has 1 aliphatic heterocycles. The van der Waals surface area contributed by atoms with Gasteiger partial charge in [0.15, 0.2) is 17.1 Å². The predicted octanol–water partition coefficient (Wildman–Crippen LogP) is 1.96. The molecule has 0 aliphatic carbocycles. The number of ether oxygens (including phenoxy) is 2. The molecular weight excluding hydrogens is 544 g/mol. The number of aromatic amines is 1. The molecular formula is C23H27FN3O9PS. The fourth-order valence-electron chi connectivity index (χ4n) is 3.45. The normalized spacial score (nSPS) is 27.3. The van der Waals surface area contributed by atoms with E-state index in [4.69, 9.17) is 37.2 Å². The summed E-state index contributed by atoms with van der Waals surface area (Å²) >= 11 is 5.03. The van der Waals surface area contributed by atoms with Crippen molar-refractivity contribution in [1.82, 2.24) is 14.6 Å². The first-order valence-corrected chi connectivity index (χ1v) is 13.2. The van der Waals surface area contributed by atoms with Crippen molar-refractivity contribution >= 4 is 25.9 Å². The molecule has 1 saturated heterocycles. The molecule has 6 atom stereocenters. The van der Waals surface area contributed by atoms with Gasteiger partial charge in [0.05, 0.1) is 6.10 Å². The molecule has 0 radical (unpaired) electrons. The van der Waals surface area contributed by atoms with Gasteiger partial charge in [0.2, 0.25) is 5.60 Å². The van der Waals surface area contributed by atoms with Gasteiger partial charge < -0.3 is 24.2 Å². The lowest BCUT2D eigenvalue weighted by Crippen LogP contribution is -2.50. The zero-order valence-electron chi connectivity index (χ0n) is 20.6. The van der Waals surface area contributed by atoms with Crippen LogP contribution in [0.2, 0.25) is 0 Å².